The molecule has 0 radical (unpaired) electrons. The number of rotatable bonds is 3. The van der Waals surface area contributed by atoms with Gasteiger partial charge in [0, 0.05) is 12.0 Å². The van der Waals surface area contributed by atoms with E-state index in [0.717, 1.165) is 24.1 Å². The standard InChI is InChI=1S/C24H18F2N2O3S/c1-31-15-8-6-14(7-9-15)22-21-18(3-2-4-19(21)29)27-24-28(22)23(30)20(32-24)12-13-5-10-16(25)17(26)11-13/h5-12,22H,2-4H2,1H3. The summed E-state index contributed by atoms with van der Waals surface area (Å²) in [4.78, 5) is 31.4. The van der Waals surface area contributed by atoms with Crippen LogP contribution in [0, 0.1) is 11.6 Å². The second-order valence-electron chi connectivity index (χ2n) is 7.67. The van der Waals surface area contributed by atoms with Crippen LogP contribution in [-0.4, -0.2) is 17.5 Å². The lowest BCUT2D eigenvalue weighted by atomic mass is 9.86. The zero-order chi connectivity index (χ0) is 22.4. The Morgan fingerprint density at radius 2 is 1.88 bits per heavy atom. The summed E-state index contributed by atoms with van der Waals surface area (Å²) in [6.45, 7) is 0. The summed E-state index contributed by atoms with van der Waals surface area (Å²) >= 11 is 1.17. The fraction of sp³-hybridized carbons (Fsp3) is 0.208. The molecule has 1 unspecified atom stereocenters. The summed E-state index contributed by atoms with van der Waals surface area (Å²) in [5.41, 5.74) is 2.08. The molecule has 0 saturated heterocycles. The molecule has 2 aliphatic rings. The fourth-order valence-electron chi connectivity index (χ4n) is 4.17. The van der Waals surface area contributed by atoms with Crippen molar-refractivity contribution in [2.24, 2.45) is 4.99 Å². The van der Waals surface area contributed by atoms with Crippen molar-refractivity contribution in [1.82, 2.24) is 4.57 Å². The molecule has 3 aromatic rings. The molecule has 5 nitrogen and oxygen atoms in total. The lowest BCUT2D eigenvalue weighted by molar-refractivity contribution is -0.116. The van der Waals surface area contributed by atoms with Gasteiger partial charge in [0.25, 0.3) is 5.56 Å². The van der Waals surface area contributed by atoms with E-state index in [1.807, 2.05) is 12.1 Å². The van der Waals surface area contributed by atoms with Crippen molar-refractivity contribution in [3.8, 4) is 5.75 Å². The van der Waals surface area contributed by atoms with E-state index in [0.29, 0.717) is 44.8 Å². The van der Waals surface area contributed by atoms with Gasteiger partial charge in [0.1, 0.15) is 5.75 Å². The highest BCUT2D eigenvalue weighted by Gasteiger charge is 2.34. The number of carbonyl (C=O) groups excluding carboxylic acids is 1. The van der Waals surface area contributed by atoms with Crippen LogP contribution >= 0.6 is 11.3 Å². The fourth-order valence-corrected chi connectivity index (χ4v) is 5.19. The van der Waals surface area contributed by atoms with E-state index >= 15 is 0 Å². The minimum absolute atomic E-state index is 0.00861. The van der Waals surface area contributed by atoms with Crippen LogP contribution in [0.3, 0.4) is 0 Å². The van der Waals surface area contributed by atoms with Gasteiger partial charge in [-0.25, -0.2) is 13.8 Å². The number of ether oxygens (including phenoxy) is 1. The average Bonchev–Trinajstić information content (AvgIpc) is 3.10. The molecule has 2 heterocycles. The number of thiazole rings is 1. The molecule has 5 rings (SSSR count). The molecule has 1 aliphatic heterocycles. The van der Waals surface area contributed by atoms with Crippen LogP contribution in [0.25, 0.3) is 6.08 Å². The minimum atomic E-state index is -0.983. The van der Waals surface area contributed by atoms with Gasteiger partial charge in [-0.15, -0.1) is 0 Å². The molecule has 0 bridgehead atoms. The van der Waals surface area contributed by atoms with Crippen molar-refractivity contribution >= 4 is 23.2 Å². The van der Waals surface area contributed by atoms with Gasteiger partial charge in [-0.2, -0.15) is 0 Å². The Morgan fingerprint density at radius 1 is 1.09 bits per heavy atom. The highest BCUT2D eigenvalue weighted by Crippen LogP contribution is 2.36. The molecule has 0 amide bonds. The van der Waals surface area contributed by atoms with Gasteiger partial charge in [-0.05, 0) is 54.3 Å². The first-order chi connectivity index (χ1) is 15.5. The van der Waals surface area contributed by atoms with Gasteiger partial charge < -0.3 is 4.74 Å². The maximum Gasteiger partial charge on any atom is 0.271 e. The quantitative estimate of drug-likeness (QED) is 0.613. The molecule has 1 atom stereocenters. The third kappa shape index (κ3) is 3.40. The van der Waals surface area contributed by atoms with Crippen molar-refractivity contribution in [3.05, 3.63) is 96.2 Å². The number of fused-ring (bicyclic) bond motifs is 1. The Kier molecular flexibility index (Phi) is 5.09. The molecule has 1 aliphatic carbocycles. The number of ketones is 1. The van der Waals surface area contributed by atoms with Crippen LogP contribution in [0.5, 0.6) is 5.75 Å². The van der Waals surface area contributed by atoms with E-state index in [1.54, 1.807) is 19.2 Å². The molecule has 162 valence electrons. The number of carbonyl (C=O) groups is 1. The van der Waals surface area contributed by atoms with Crippen LogP contribution in [0.1, 0.15) is 36.4 Å². The van der Waals surface area contributed by atoms with E-state index in [1.165, 1.54) is 28.0 Å². The first-order valence-electron chi connectivity index (χ1n) is 10.1. The summed E-state index contributed by atoms with van der Waals surface area (Å²) in [6, 6.07) is 10.2. The number of nitrogens with zero attached hydrogens (tertiary/aromatic N) is 2. The molecule has 0 N–H and O–H groups in total. The number of aromatic nitrogens is 1. The van der Waals surface area contributed by atoms with Crippen LogP contribution in [0.4, 0.5) is 8.78 Å². The maximum absolute atomic E-state index is 13.7. The Balaban J connectivity index is 1.73. The summed E-state index contributed by atoms with van der Waals surface area (Å²) in [7, 11) is 1.57. The lowest BCUT2D eigenvalue weighted by Crippen LogP contribution is -2.40. The van der Waals surface area contributed by atoms with Gasteiger partial charge in [0.15, 0.2) is 22.2 Å². The molecule has 0 fully saturated rings. The Morgan fingerprint density at radius 3 is 2.59 bits per heavy atom. The van der Waals surface area contributed by atoms with E-state index in [9.17, 15) is 18.4 Å². The van der Waals surface area contributed by atoms with Gasteiger partial charge >= 0.3 is 0 Å². The number of methoxy groups -OCH3 is 1. The van der Waals surface area contributed by atoms with Crippen molar-refractivity contribution < 1.29 is 18.3 Å². The number of Topliss-reactive ketones (excluding diaryl/α,β-unsaturated/α-hetero) is 1. The highest BCUT2D eigenvalue weighted by atomic mass is 32.1. The normalized spacial score (nSPS) is 18.3. The molecule has 2 aromatic carbocycles. The SMILES string of the molecule is COc1ccc(C2C3=C(CCCC3=O)N=c3sc(=Cc4ccc(F)c(F)c4)c(=O)n32)cc1. The Labute approximate surface area is 185 Å². The van der Waals surface area contributed by atoms with Crippen molar-refractivity contribution in [3.63, 3.8) is 0 Å². The van der Waals surface area contributed by atoms with Crippen LogP contribution in [0.2, 0.25) is 0 Å². The molecular formula is C24H18F2N2O3S. The first kappa shape index (κ1) is 20.5. The smallest absolute Gasteiger partial charge is 0.271 e. The summed E-state index contributed by atoms with van der Waals surface area (Å²) in [6.07, 6.45) is 3.33. The summed E-state index contributed by atoms with van der Waals surface area (Å²) in [5.74, 6) is -1.27. The van der Waals surface area contributed by atoms with Crippen molar-refractivity contribution in [2.75, 3.05) is 7.11 Å². The van der Waals surface area contributed by atoms with Gasteiger partial charge in [0.05, 0.1) is 23.4 Å². The van der Waals surface area contributed by atoms with E-state index < -0.39 is 17.7 Å². The number of hydrogen-bond donors (Lipinski definition) is 0. The van der Waals surface area contributed by atoms with E-state index in [2.05, 4.69) is 4.99 Å². The van der Waals surface area contributed by atoms with Gasteiger partial charge in [0.2, 0.25) is 0 Å². The molecule has 0 spiro atoms. The Hall–Kier alpha value is -3.39. The molecule has 1 aromatic heterocycles. The molecule has 0 saturated carbocycles. The van der Waals surface area contributed by atoms with Gasteiger partial charge in [-0.1, -0.05) is 29.5 Å². The highest BCUT2D eigenvalue weighted by molar-refractivity contribution is 7.07. The zero-order valence-electron chi connectivity index (χ0n) is 17.1. The lowest BCUT2D eigenvalue weighted by Gasteiger charge is -2.28. The third-order valence-electron chi connectivity index (χ3n) is 5.70. The minimum Gasteiger partial charge on any atom is -0.497 e. The Bertz CT molecular complexity index is 1450. The van der Waals surface area contributed by atoms with Gasteiger partial charge in [-0.3, -0.25) is 14.2 Å². The molecule has 8 heteroatoms. The van der Waals surface area contributed by atoms with Crippen molar-refractivity contribution in [2.45, 2.75) is 25.3 Å². The van der Waals surface area contributed by atoms with E-state index in [-0.39, 0.29) is 11.3 Å². The predicted molar refractivity (Wildman–Crippen MR) is 116 cm³/mol. The number of halogens is 2. The second kappa shape index (κ2) is 7.94. The third-order valence-corrected chi connectivity index (χ3v) is 6.68. The summed E-state index contributed by atoms with van der Waals surface area (Å²) < 4.78 is 34.0. The van der Waals surface area contributed by atoms with E-state index in [4.69, 9.17) is 4.74 Å². The first-order valence-corrected chi connectivity index (χ1v) is 10.9. The average molecular weight is 452 g/mol. The number of allylic oxidation sites excluding steroid dienone is 2. The molecule has 32 heavy (non-hydrogen) atoms. The van der Waals surface area contributed by atoms with Crippen LogP contribution in [-0.2, 0) is 4.79 Å². The number of hydrogen-bond acceptors (Lipinski definition) is 5. The maximum atomic E-state index is 13.7. The number of benzene rings is 2. The largest absolute Gasteiger partial charge is 0.497 e. The zero-order valence-corrected chi connectivity index (χ0v) is 17.9. The predicted octanol–water partition coefficient (Wildman–Crippen LogP) is 3.26. The summed E-state index contributed by atoms with van der Waals surface area (Å²) in [5, 5.41) is 0. The van der Waals surface area contributed by atoms with Crippen LogP contribution < -0.4 is 19.6 Å². The van der Waals surface area contributed by atoms with Crippen molar-refractivity contribution in [1.29, 1.82) is 0 Å². The topological polar surface area (TPSA) is 60.7 Å². The second-order valence-corrected chi connectivity index (χ2v) is 8.68. The molecular weight excluding hydrogens is 434 g/mol. The van der Waals surface area contributed by atoms with Crippen LogP contribution in [0.15, 0.2) is 63.5 Å². The monoisotopic (exact) mass is 452 g/mol.